The van der Waals surface area contributed by atoms with Crippen LogP contribution in [0.25, 0.3) is 11.6 Å². The van der Waals surface area contributed by atoms with Gasteiger partial charge in [0.25, 0.3) is 5.89 Å². The Bertz CT molecular complexity index is 646. The van der Waals surface area contributed by atoms with Crippen molar-refractivity contribution in [1.29, 1.82) is 0 Å². The summed E-state index contributed by atoms with van der Waals surface area (Å²) in [6.07, 6.45) is 2.72. The first kappa shape index (κ1) is 14.5. The fourth-order valence-corrected chi connectivity index (χ4v) is 2.21. The number of halogens is 1. The van der Waals surface area contributed by atoms with Crippen LogP contribution in [0.1, 0.15) is 25.1 Å². The minimum atomic E-state index is -0.501. The molecule has 1 aliphatic carbocycles. The molecule has 0 bridgehead atoms. The Balaban J connectivity index is 0.00000147. The predicted molar refractivity (Wildman–Crippen MR) is 72.3 cm³/mol. The summed E-state index contributed by atoms with van der Waals surface area (Å²) in [4.78, 5) is 14.6. The first-order chi connectivity index (χ1) is 9.01. The predicted octanol–water partition coefficient (Wildman–Crippen LogP) is 1.74. The van der Waals surface area contributed by atoms with Gasteiger partial charge in [0.05, 0.1) is 12.6 Å². The van der Waals surface area contributed by atoms with Crippen LogP contribution in [0.2, 0.25) is 0 Å². The Labute approximate surface area is 120 Å². The van der Waals surface area contributed by atoms with Gasteiger partial charge in [0.2, 0.25) is 0 Å². The summed E-state index contributed by atoms with van der Waals surface area (Å²) in [5, 5.41) is 14.7. The molecule has 0 aromatic carbocycles. The lowest BCUT2D eigenvalue weighted by Gasteiger charge is -2.34. The molecule has 1 aliphatic rings. The molecule has 2 aromatic heterocycles. The van der Waals surface area contributed by atoms with Crippen LogP contribution in [0.5, 0.6) is 0 Å². The molecule has 8 nitrogen and oxygen atoms in total. The molecule has 1 fully saturated rings. The van der Waals surface area contributed by atoms with Crippen LogP contribution < -0.4 is 5.73 Å². The van der Waals surface area contributed by atoms with E-state index in [4.69, 9.17) is 10.3 Å². The molecule has 9 heteroatoms. The van der Waals surface area contributed by atoms with Gasteiger partial charge in [-0.2, -0.15) is 4.98 Å². The Morgan fingerprint density at radius 1 is 1.50 bits per heavy atom. The van der Waals surface area contributed by atoms with Crippen molar-refractivity contribution in [2.24, 2.45) is 12.8 Å². The normalized spacial score (nSPS) is 16.3. The summed E-state index contributed by atoms with van der Waals surface area (Å²) in [7, 11) is 1.58. The third-order valence-electron chi connectivity index (χ3n) is 3.62. The average molecular weight is 300 g/mol. The van der Waals surface area contributed by atoms with E-state index in [0.717, 1.165) is 19.3 Å². The third kappa shape index (κ3) is 2.06. The maximum atomic E-state index is 10.8. The standard InChI is InChI=1S/C11H13N5O3.ClH/c1-15-7(3-4-8(15)16(17)18)9-13-10(14-19-9)11(12)5-2-6-11;/h3-4H,2,5-6,12H2,1H3;1H. The summed E-state index contributed by atoms with van der Waals surface area (Å²) in [5.41, 5.74) is 6.11. The van der Waals surface area contributed by atoms with Crippen molar-refractivity contribution in [1.82, 2.24) is 14.7 Å². The van der Waals surface area contributed by atoms with Gasteiger partial charge in [-0.3, -0.25) is 0 Å². The molecule has 2 N–H and O–H groups in total. The average Bonchev–Trinajstić information content (AvgIpc) is 2.92. The van der Waals surface area contributed by atoms with Crippen molar-refractivity contribution in [3.05, 3.63) is 28.1 Å². The van der Waals surface area contributed by atoms with Gasteiger partial charge in [-0.1, -0.05) is 5.16 Å². The van der Waals surface area contributed by atoms with E-state index < -0.39 is 10.5 Å². The monoisotopic (exact) mass is 299 g/mol. The van der Waals surface area contributed by atoms with E-state index >= 15 is 0 Å². The molecule has 0 saturated heterocycles. The van der Waals surface area contributed by atoms with E-state index in [-0.39, 0.29) is 24.1 Å². The molecule has 0 unspecified atom stereocenters. The highest BCUT2D eigenvalue weighted by Crippen LogP contribution is 2.37. The van der Waals surface area contributed by atoms with Crippen molar-refractivity contribution >= 4 is 18.2 Å². The molecule has 108 valence electrons. The van der Waals surface area contributed by atoms with Crippen molar-refractivity contribution in [2.45, 2.75) is 24.8 Å². The van der Waals surface area contributed by atoms with E-state index in [0.29, 0.717) is 11.5 Å². The molecular weight excluding hydrogens is 286 g/mol. The second-order valence-electron chi connectivity index (χ2n) is 4.83. The number of nitro groups is 1. The van der Waals surface area contributed by atoms with Crippen LogP contribution in [0, 0.1) is 10.1 Å². The van der Waals surface area contributed by atoms with Gasteiger partial charge in [-0.25, -0.2) is 4.57 Å². The molecule has 2 aromatic rings. The Kier molecular flexibility index (Phi) is 3.53. The van der Waals surface area contributed by atoms with Gasteiger partial charge in [-0.05, 0) is 30.3 Å². The number of hydrogen-bond acceptors (Lipinski definition) is 6. The summed E-state index contributed by atoms with van der Waals surface area (Å²) in [6, 6.07) is 2.99. The van der Waals surface area contributed by atoms with Crippen molar-refractivity contribution in [3.8, 4) is 11.6 Å². The lowest BCUT2D eigenvalue weighted by molar-refractivity contribution is -0.391. The highest BCUT2D eigenvalue weighted by molar-refractivity contribution is 5.85. The van der Waals surface area contributed by atoms with Crippen LogP contribution in [0.3, 0.4) is 0 Å². The maximum absolute atomic E-state index is 10.8. The Morgan fingerprint density at radius 3 is 2.70 bits per heavy atom. The molecule has 0 amide bonds. The fourth-order valence-electron chi connectivity index (χ4n) is 2.21. The fraction of sp³-hybridized carbons (Fsp3) is 0.455. The smallest absolute Gasteiger partial charge is 0.323 e. The van der Waals surface area contributed by atoms with Gasteiger partial charge >= 0.3 is 5.82 Å². The maximum Gasteiger partial charge on any atom is 0.323 e. The van der Waals surface area contributed by atoms with Crippen molar-refractivity contribution in [2.75, 3.05) is 0 Å². The molecule has 0 spiro atoms. The molecule has 20 heavy (non-hydrogen) atoms. The zero-order valence-electron chi connectivity index (χ0n) is 10.8. The van der Waals surface area contributed by atoms with Gasteiger partial charge < -0.3 is 20.4 Å². The molecular formula is C11H14ClN5O3. The highest BCUT2D eigenvalue weighted by atomic mass is 35.5. The molecule has 0 atom stereocenters. The summed E-state index contributed by atoms with van der Waals surface area (Å²) in [6.45, 7) is 0. The lowest BCUT2D eigenvalue weighted by atomic mass is 9.77. The van der Waals surface area contributed by atoms with Gasteiger partial charge in [0, 0.05) is 6.07 Å². The van der Waals surface area contributed by atoms with Crippen LogP contribution in [-0.2, 0) is 12.6 Å². The second-order valence-corrected chi connectivity index (χ2v) is 4.83. The SMILES string of the molecule is Cl.Cn1c(-c2nc(C3(N)CCC3)no2)ccc1[N+](=O)[O-]. The number of aromatic nitrogens is 3. The first-order valence-electron chi connectivity index (χ1n) is 5.95. The molecule has 3 rings (SSSR count). The zero-order chi connectivity index (χ0) is 13.6. The number of hydrogen-bond donors (Lipinski definition) is 1. The van der Waals surface area contributed by atoms with Crippen LogP contribution in [-0.4, -0.2) is 19.6 Å². The van der Waals surface area contributed by atoms with Crippen molar-refractivity contribution < 1.29 is 9.45 Å². The minimum Gasteiger partial charge on any atom is -0.358 e. The number of nitrogens with zero attached hydrogens (tertiary/aromatic N) is 4. The van der Waals surface area contributed by atoms with Crippen LogP contribution >= 0.6 is 12.4 Å². The van der Waals surface area contributed by atoms with Crippen molar-refractivity contribution in [3.63, 3.8) is 0 Å². The Hall–Kier alpha value is -1.93. The Morgan fingerprint density at radius 2 is 2.20 bits per heavy atom. The largest absolute Gasteiger partial charge is 0.358 e. The number of rotatable bonds is 3. The van der Waals surface area contributed by atoms with E-state index in [9.17, 15) is 10.1 Å². The minimum absolute atomic E-state index is 0. The quantitative estimate of drug-likeness (QED) is 0.682. The van der Waals surface area contributed by atoms with Crippen LogP contribution in [0.15, 0.2) is 16.7 Å². The lowest BCUT2D eigenvalue weighted by Crippen LogP contribution is -2.44. The topological polar surface area (TPSA) is 113 Å². The number of nitrogens with two attached hydrogens (primary N) is 1. The van der Waals surface area contributed by atoms with E-state index in [1.54, 1.807) is 13.1 Å². The summed E-state index contributed by atoms with van der Waals surface area (Å²) >= 11 is 0. The van der Waals surface area contributed by atoms with Gasteiger partial charge in [-0.15, -0.1) is 12.4 Å². The van der Waals surface area contributed by atoms with Gasteiger partial charge in [0.15, 0.2) is 11.5 Å². The van der Waals surface area contributed by atoms with E-state index in [2.05, 4.69) is 10.1 Å². The molecule has 0 radical (unpaired) electrons. The zero-order valence-corrected chi connectivity index (χ0v) is 11.6. The summed E-state index contributed by atoms with van der Waals surface area (Å²) in [5.74, 6) is 0.695. The van der Waals surface area contributed by atoms with Crippen LogP contribution in [0.4, 0.5) is 5.82 Å². The molecule has 2 heterocycles. The first-order valence-corrected chi connectivity index (χ1v) is 5.95. The van der Waals surface area contributed by atoms with Gasteiger partial charge in [0.1, 0.15) is 0 Å². The third-order valence-corrected chi connectivity index (χ3v) is 3.62. The second kappa shape index (κ2) is 4.88. The molecule has 0 aliphatic heterocycles. The highest BCUT2D eigenvalue weighted by Gasteiger charge is 2.39. The van der Waals surface area contributed by atoms with E-state index in [1.165, 1.54) is 10.6 Å². The molecule has 1 saturated carbocycles. The van der Waals surface area contributed by atoms with E-state index in [1.807, 2.05) is 0 Å². The summed E-state index contributed by atoms with van der Waals surface area (Å²) < 4.78 is 6.57.